The number of aliphatic imine (C=N–C) groups is 1. The van der Waals surface area contributed by atoms with Gasteiger partial charge in [0.1, 0.15) is 6.33 Å². The topological polar surface area (TPSA) is 56.5 Å². The van der Waals surface area contributed by atoms with Crippen LogP contribution in [0.25, 0.3) is 5.69 Å². The van der Waals surface area contributed by atoms with Crippen LogP contribution < -0.4 is 0 Å². The van der Waals surface area contributed by atoms with E-state index in [1.807, 2.05) is 54.0 Å². The molecule has 0 spiro atoms. The summed E-state index contributed by atoms with van der Waals surface area (Å²) in [6.07, 6.45) is 7.26. The van der Waals surface area contributed by atoms with E-state index in [1.54, 1.807) is 13.3 Å². The normalized spacial score (nSPS) is 14.8. The van der Waals surface area contributed by atoms with Crippen LogP contribution in [0, 0.1) is 12.3 Å². The molecule has 6 heteroatoms. The number of aromatic nitrogens is 2. The number of hydrogen-bond donors (Lipinski definition) is 0. The molecule has 0 radical (unpaired) electrons. The van der Waals surface area contributed by atoms with Crippen LogP contribution in [-0.2, 0) is 4.74 Å². The zero-order valence-corrected chi connectivity index (χ0v) is 16.8. The van der Waals surface area contributed by atoms with E-state index in [9.17, 15) is 4.79 Å². The molecule has 0 aliphatic carbocycles. The SMILES string of the molecule is C#Cc1ccc2c(c1)C(c1ccccc1Cl)=N[C@H](C)c1c(C(=O)OCC)ncn1-2. The van der Waals surface area contributed by atoms with E-state index < -0.39 is 5.97 Å². The number of ether oxygens (including phenoxy) is 1. The molecule has 2 aromatic carbocycles. The summed E-state index contributed by atoms with van der Waals surface area (Å²) in [6, 6.07) is 12.8. The van der Waals surface area contributed by atoms with Gasteiger partial charge in [0.25, 0.3) is 0 Å². The molecule has 1 atom stereocenters. The highest BCUT2D eigenvalue weighted by Gasteiger charge is 2.29. The number of carbonyl (C=O) groups is 1. The lowest BCUT2D eigenvalue weighted by Gasteiger charge is -2.13. The first-order chi connectivity index (χ1) is 14.0. The quantitative estimate of drug-likeness (QED) is 0.474. The molecule has 4 rings (SSSR count). The fourth-order valence-electron chi connectivity index (χ4n) is 3.52. The molecule has 0 saturated heterocycles. The molecular formula is C23H18ClN3O2. The van der Waals surface area contributed by atoms with Crippen LogP contribution in [0.2, 0.25) is 5.02 Å². The van der Waals surface area contributed by atoms with Gasteiger partial charge in [-0.3, -0.25) is 9.56 Å². The smallest absolute Gasteiger partial charge is 0.358 e. The molecule has 0 N–H and O–H groups in total. The highest BCUT2D eigenvalue weighted by molar-refractivity contribution is 6.35. The lowest BCUT2D eigenvalue weighted by Crippen LogP contribution is -2.11. The Bertz CT molecular complexity index is 1190. The van der Waals surface area contributed by atoms with Gasteiger partial charge < -0.3 is 4.74 Å². The van der Waals surface area contributed by atoms with E-state index >= 15 is 0 Å². The number of halogens is 1. The average molecular weight is 404 g/mol. The van der Waals surface area contributed by atoms with Gasteiger partial charge in [-0.15, -0.1) is 6.42 Å². The van der Waals surface area contributed by atoms with Crippen molar-refractivity contribution in [2.45, 2.75) is 19.9 Å². The number of nitrogens with zero attached hydrogens (tertiary/aromatic N) is 3. The van der Waals surface area contributed by atoms with Gasteiger partial charge in [0, 0.05) is 21.7 Å². The van der Waals surface area contributed by atoms with E-state index in [4.69, 9.17) is 27.8 Å². The number of fused-ring (bicyclic) bond motifs is 3. The molecular weight excluding hydrogens is 386 g/mol. The Labute approximate surface area is 174 Å². The summed E-state index contributed by atoms with van der Waals surface area (Å²) >= 11 is 6.49. The van der Waals surface area contributed by atoms with E-state index in [-0.39, 0.29) is 18.3 Å². The van der Waals surface area contributed by atoms with Crippen LogP contribution >= 0.6 is 11.6 Å². The summed E-state index contributed by atoms with van der Waals surface area (Å²) in [5.41, 5.74) is 4.82. The third-order valence-corrected chi connectivity index (χ3v) is 5.13. The number of rotatable bonds is 3. The maximum absolute atomic E-state index is 12.5. The largest absolute Gasteiger partial charge is 0.461 e. The summed E-state index contributed by atoms with van der Waals surface area (Å²) < 4.78 is 7.06. The minimum atomic E-state index is -0.466. The zero-order chi connectivity index (χ0) is 20.5. The Morgan fingerprint density at radius 1 is 1.28 bits per heavy atom. The minimum Gasteiger partial charge on any atom is -0.461 e. The summed E-state index contributed by atoms with van der Waals surface area (Å²) in [5.74, 6) is 2.21. The van der Waals surface area contributed by atoms with Gasteiger partial charge in [0.15, 0.2) is 5.69 Å². The van der Waals surface area contributed by atoms with Crippen molar-refractivity contribution in [3.63, 3.8) is 0 Å². The van der Waals surface area contributed by atoms with Crippen molar-refractivity contribution in [3.8, 4) is 18.0 Å². The van der Waals surface area contributed by atoms with Crippen LogP contribution in [0.3, 0.4) is 0 Å². The lowest BCUT2D eigenvalue weighted by molar-refractivity contribution is 0.0518. The van der Waals surface area contributed by atoms with Gasteiger partial charge in [0.2, 0.25) is 0 Å². The second-order valence-electron chi connectivity index (χ2n) is 6.58. The van der Waals surface area contributed by atoms with Crippen molar-refractivity contribution in [1.82, 2.24) is 9.55 Å². The van der Waals surface area contributed by atoms with Crippen molar-refractivity contribution in [2.75, 3.05) is 6.61 Å². The molecule has 2 heterocycles. The number of terminal acetylenes is 1. The van der Waals surface area contributed by atoms with E-state index in [2.05, 4.69) is 10.9 Å². The minimum absolute atomic E-state index is 0.260. The van der Waals surface area contributed by atoms with Gasteiger partial charge in [0.05, 0.1) is 29.7 Å². The van der Waals surface area contributed by atoms with Crippen LogP contribution in [0.4, 0.5) is 0 Å². The first-order valence-corrected chi connectivity index (χ1v) is 9.61. The summed E-state index contributed by atoms with van der Waals surface area (Å²) in [6.45, 7) is 3.96. The molecule has 0 bridgehead atoms. The Balaban J connectivity index is 2.01. The van der Waals surface area contributed by atoms with Gasteiger partial charge in [-0.1, -0.05) is 35.7 Å². The molecule has 5 nitrogen and oxygen atoms in total. The molecule has 0 fully saturated rings. The predicted molar refractivity (Wildman–Crippen MR) is 113 cm³/mol. The number of esters is 1. The number of carbonyl (C=O) groups excluding carboxylic acids is 1. The Morgan fingerprint density at radius 2 is 2.07 bits per heavy atom. The van der Waals surface area contributed by atoms with Crippen molar-refractivity contribution < 1.29 is 9.53 Å². The van der Waals surface area contributed by atoms with Gasteiger partial charge in [-0.25, -0.2) is 9.78 Å². The first-order valence-electron chi connectivity index (χ1n) is 9.23. The number of hydrogen-bond acceptors (Lipinski definition) is 4. The standard InChI is InChI=1S/C23H18ClN3O2/c1-4-15-10-11-19-17(12-15)20(16-8-6-7-9-18(16)24)26-14(3)22-21(23(28)29-5-2)25-13-27(19)22/h1,6-14H,5H2,2-3H3/t14-/m1/s1. The molecule has 0 saturated carbocycles. The molecule has 1 aromatic heterocycles. The highest BCUT2D eigenvalue weighted by atomic mass is 35.5. The summed E-state index contributed by atoms with van der Waals surface area (Å²) in [7, 11) is 0. The van der Waals surface area contributed by atoms with Crippen LogP contribution in [0.15, 0.2) is 53.8 Å². The number of imidazole rings is 1. The molecule has 144 valence electrons. The fourth-order valence-corrected chi connectivity index (χ4v) is 3.75. The predicted octanol–water partition coefficient (Wildman–Crippen LogP) is 4.60. The summed E-state index contributed by atoms with van der Waals surface area (Å²) in [5, 5.41) is 0.589. The van der Waals surface area contributed by atoms with E-state index in [0.29, 0.717) is 16.4 Å². The second-order valence-corrected chi connectivity index (χ2v) is 6.99. The monoisotopic (exact) mass is 403 g/mol. The molecule has 29 heavy (non-hydrogen) atoms. The highest BCUT2D eigenvalue weighted by Crippen LogP contribution is 2.34. The lowest BCUT2D eigenvalue weighted by atomic mass is 9.98. The Hall–Kier alpha value is -3.36. The van der Waals surface area contributed by atoms with Gasteiger partial charge in [-0.05, 0) is 38.1 Å². The van der Waals surface area contributed by atoms with E-state index in [0.717, 1.165) is 22.4 Å². The third kappa shape index (κ3) is 3.22. The Kier molecular flexibility index (Phi) is 4.96. The maximum atomic E-state index is 12.5. The first kappa shape index (κ1) is 19.0. The summed E-state index contributed by atoms with van der Waals surface area (Å²) in [4.78, 5) is 21.7. The zero-order valence-electron chi connectivity index (χ0n) is 16.0. The van der Waals surface area contributed by atoms with Crippen molar-refractivity contribution in [3.05, 3.63) is 81.9 Å². The van der Waals surface area contributed by atoms with Crippen molar-refractivity contribution in [2.24, 2.45) is 4.99 Å². The fraction of sp³-hybridized carbons (Fsp3) is 0.174. The van der Waals surface area contributed by atoms with Gasteiger partial charge >= 0.3 is 5.97 Å². The maximum Gasteiger partial charge on any atom is 0.358 e. The van der Waals surface area contributed by atoms with Crippen LogP contribution in [0.1, 0.15) is 52.8 Å². The van der Waals surface area contributed by atoms with Crippen molar-refractivity contribution >= 4 is 23.3 Å². The van der Waals surface area contributed by atoms with Gasteiger partial charge in [-0.2, -0.15) is 0 Å². The molecule has 0 amide bonds. The molecule has 0 unspecified atom stereocenters. The van der Waals surface area contributed by atoms with Crippen LogP contribution in [-0.4, -0.2) is 27.8 Å². The second kappa shape index (κ2) is 7.57. The third-order valence-electron chi connectivity index (χ3n) is 4.80. The van der Waals surface area contributed by atoms with E-state index in [1.165, 1.54) is 0 Å². The molecule has 3 aromatic rings. The molecule has 1 aliphatic heterocycles. The van der Waals surface area contributed by atoms with Crippen molar-refractivity contribution in [1.29, 1.82) is 0 Å². The average Bonchev–Trinajstić information content (AvgIpc) is 3.13. The van der Waals surface area contributed by atoms with Crippen LogP contribution in [0.5, 0.6) is 0 Å². The number of benzene rings is 2. The molecule has 1 aliphatic rings. The Morgan fingerprint density at radius 3 is 2.79 bits per heavy atom.